The molecule has 0 spiro atoms. The van der Waals surface area contributed by atoms with Gasteiger partial charge in [-0.25, -0.2) is 4.68 Å². The molecule has 0 aliphatic carbocycles. The molecular weight excluding hydrogens is 260 g/mol. The van der Waals surface area contributed by atoms with Crippen molar-refractivity contribution in [3.05, 3.63) is 10.3 Å². The molecule has 0 amide bonds. The smallest absolute Gasteiger partial charge is 0.185 e. The van der Waals surface area contributed by atoms with E-state index < -0.39 is 0 Å². The zero-order valence-corrected chi connectivity index (χ0v) is 10.5. The Morgan fingerprint density at radius 2 is 2.33 bits per heavy atom. The van der Waals surface area contributed by atoms with E-state index in [1.54, 1.807) is 7.05 Å². The van der Waals surface area contributed by atoms with Crippen molar-refractivity contribution in [1.29, 1.82) is 0 Å². The first-order valence-electron chi connectivity index (χ1n) is 4.90. The van der Waals surface area contributed by atoms with E-state index in [0.717, 1.165) is 12.8 Å². The quantitative estimate of drug-likeness (QED) is 0.821. The van der Waals surface area contributed by atoms with Gasteiger partial charge in [0.25, 0.3) is 0 Å². The number of nitrogens with zero attached hydrogens (tertiary/aromatic N) is 3. The van der Waals surface area contributed by atoms with Gasteiger partial charge in [0, 0.05) is 19.5 Å². The number of carbonyl (C=O) groups is 1. The minimum absolute atomic E-state index is 0.0182. The van der Waals surface area contributed by atoms with Crippen LogP contribution in [0.4, 0.5) is 0 Å². The van der Waals surface area contributed by atoms with Gasteiger partial charge < -0.3 is 5.73 Å². The largest absolute Gasteiger partial charge is 0.327 e. The van der Waals surface area contributed by atoms with Crippen molar-refractivity contribution in [1.82, 2.24) is 15.0 Å². The normalized spacial score (nSPS) is 12.8. The van der Waals surface area contributed by atoms with Gasteiger partial charge in [0.2, 0.25) is 0 Å². The lowest BCUT2D eigenvalue weighted by Crippen LogP contribution is -2.24. The average molecular weight is 275 g/mol. The second-order valence-corrected chi connectivity index (χ2v) is 4.28. The highest BCUT2D eigenvalue weighted by Crippen LogP contribution is 2.15. The van der Waals surface area contributed by atoms with E-state index in [2.05, 4.69) is 26.2 Å². The molecule has 1 aromatic rings. The van der Waals surface area contributed by atoms with Crippen molar-refractivity contribution in [3.8, 4) is 0 Å². The molecule has 0 saturated heterocycles. The Kier molecular flexibility index (Phi) is 4.41. The Morgan fingerprint density at radius 3 is 2.80 bits per heavy atom. The molecule has 0 aliphatic rings. The molecule has 15 heavy (non-hydrogen) atoms. The molecule has 0 saturated carbocycles. The number of hydrogen-bond donors (Lipinski definition) is 1. The number of halogens is 1. The molecule has 0 radical (unpaired) electrons. The Labute approximate surface area is 97.2 Å². The molecule has 0 aromatic carbocycles. The molecule has 1 unspecified atom stereocenters. The van der Waals surface area contributed by atoms with Crippen molar-refractivity contribution in [2.75, 3.05) is 0 Å². The topological polar surface area (TPSA) is 73.8 Å². The van der Waals surface area contributed by atoms with Crippen LogP contribution < -0.4 is 5.73 Å². The van der Waals surface area contributed by atoms with Gasteiger partial charge in [-0.15, -0.1) is 5.10 Å². The minimum atomic E-state index is -0.0794. The summed E-state index contributed by atoms with van der Waals surface area (Å²) in [4.78, 5) is 11.8. The Hall–Kier alpha value is -0.750. The minimum Gasteiger partial charge on any atom is -0.327 e. The highest BCUT2D eigenvalue weighted by atomic mass is 79.9. The lowest BCUT2D eigenvalue weighted by atomic mass is 10.1. The summed E-state index contributed by atoms with van der Waals surface area (Å²) < 4.78 is 1.95. The first kappa shape index (κ1) is 12.3. The lowest BCUT2D eigenvalue weighted by molar-refractivity contribution is 0.0963. The fourth-order valence-electron chi connectivity index (χ4n) is 1.44. The number of aromatic nitrogens is 3. The fourth-order valence-corrected chi connectivity index (χ4v) is 1.98. The highest BCUT2D eigenvalue weighted by molar-refractivity contribution is 9.10. The third kappa shape index (κ3) is 3.10. The van der Waals surface area contributed by atoms with Crippen molar-refractivity contribution in [3.63, 3.8) is 0 Å². The summed E-state index contributed by atoms with van der Waals surface area (Å²) in [5.41, 5.74) is 6.29. The Balaban J connectivity index is 2.69. The summed E-state index contributed by atoms with van der Waals surface area (Å²) in [5.74, 6) is -0.0182. The lowest BCUT2D eigenvalue weighted by Gasteiger charge is -2.08. The molecule has 6 heteroatoms. The van der Waals surface area contributed by atoms with Crippen LogP contribution >= 0.6 is 15.9 Å². The summed E-state index contributed by atoms with van der Waals surface area (Å²) in [6, 6.07) is -0.0794. The van der Waals surface area contributed by atoms with Crippen LogP contribution in [0.25, 0.3) is 0 Å². The zero-order valence-electron chi connectivity index (χ0n) is 8.90. The van der Waals surface area contributed by atoms with Gasteiger partial charge in [-0.3, -0.25) is 4.79 Å². The van der Waals surface area contributed by atoms with Gasteiger partial charge in [0.15, 0.2) is 10.4 Å². The number of ketones is 1. The third-order valence-corrected chi connectivity index (χ3v) is 2.69. The van der Waals surface area contributed by atoms with Crippen molar-refractivity contribution >= 4 is 21.7 Å². The van der Waals surface area contributed by atoms with E-state index in [9.17, 15) is 4.79 Å². The van der Waals surface area contributed by atoms with E-state index >= 15 is 0 Å². The molecule has 5 nitrogen and oxygen atoms in total. The van der Waals surface area contributed by atoms with Crippen LogP contribution in [0.1, 0.15) is 36.7 Å². The summed E-state index contributed by atoms with van der Waals surface area (Å²) in [6.45, 7) is 2.05. The van der Waals surface area contributed by atoms with Gasteiger partial charge >= 0.3 is 0 Å². The maximum atomic E-state index is 11.8. The highest BCUT2D eigenvalue weighted by Gasteiger charge is 2.18. The third-order valence-electron chi connectivity index (χ3n) is 2.16. The average Bonchev–Trinajstić information content (AvgIpc) is 2.46. The van der Waals surface area contributed by atoms with E-state index in [4.69, 9.17) is 5.73 Å². The monoisotopic (exact) mass is 274 g/mol. The van der Waals surface area contributed by atoms with Crippen molar-refractivity contribution < 1.29 is 4.79 Å². The number of rotatable bonds is 5. The molecule has 1 atom stereocenters. The predicted molar refractivity (Wildman–Crippen MR) is 60.5 cm³/mol. The van der Waals surface area contributed by atoms with Gasteiger partial charge in [0.05, 0.1) is 0 Å². The SMILES string of the molecule is CCCC(N)CC(=O)c1c(Br)nnn1C. The van der Waals surface area contributed by atoms with Gasteiger partial charge in [-0.2, -0.15) is 0 Å². The van der Waals surface area contributed by atoms with Crippen LogP contribution in [-0.2, 0) is 7.05 Å². The molecule has 2 N–H and O–H groups in total. The summed E-state index contributed by atoms with van der Waals surface area (Å²) in [6.07, 6.45) is 2.18. The first-order valence-corrected chi connectivity index (χ1v) is 5.69. The summed E-state index contributed by atoms with van der Waals surface area (Å²) in [7, 11) is 1.69. The maximum Gasteiger partial charge on any atom is 0.185 e. The second-order valence-electron chi connectivity index (χ2n) is 3.53. The molecule has 1 heterocycles. The number of Topliss-reactive ketones (excluding diaryl/α,β-unsaturated/α-hetero) is 1. The van der Waals surface area contributed by atoms with Crippen LogP contribution in [-0.4, -0.2) is 26.8 Å². The van der Waals surface area contributed by atoms with Crippen LogP contribution in [0.3, 0.4) is 0 Å². The fraction of sp³-hybridized carbons (Fsp3) is 0.667. The molecule has 0 aliphatic heterocycles. The van der Waals surface area contributed by atoms with E-state index in [1.165, 1.54) is 4.68 Å². The van der Waals surface area contributed by atoms with Crippen LogP contribution in [0.2, 0.25) is 0 Å². The molecule has 0 bridgehead atoms. The van der Waals surface area contributed by atoms with E-state index in [1.807, 2.05) is 6.92 Å². The van der Waals surface area contributed by atoms with Crippen molar-refractivity contribution in [2.45, 2.75) is 32.2 Å². The van der Waals surface area contributed by atoms with Crippen LogP contribution in [0.5, 0.6) is 0 Å². The van der Waals surface area contributed by atoms with Gasteiger partial charge in [0.1, 0.15) is 5.69 Å². The number of carbonyl (C=O) groups excluding carboxylic acids is 1. The summed E-state index contributed by atoms with van der Waals surface area (Å²) in [5, 5.41) is 7.51. The van der Waals surface area contributed by atoms with Gasteiger partial charge in [-0.1, -0.05) is 18.6 Å². The van der Waals surface area contributed by atoms with Crippen molar-refractivity contribution in [2.24, 2.45) is 12.8 Å². The second kappa shape index (κ2) is 5.37. The number of hydrogen-bond acceptors (Lipinski definition) is 4. The standard InChI is InChI=1S/C9H15BrN4O/c1-3-4-6(11)5-7(15)8-9(10)12-13-14(8)2/h6H,3-5,11H2,1-2H3. The first-order chi connectivity index (χ1) is 7.06. The molecule has 1 rings (SSSR count). The zero-order chi connectivity index (χ0) is 11.4. The summed E-state index contributed by atoms with van der Waals surface area (Å²) >= 11 is 3.19. The van der Waals surface area contributed by atoms with Gasteiger partial charge in [-0.05, 0) is 22.4 Å². The van der Waals surface area contributed by atoms with E-state index in [0.29, 0.717) is 16.7 Å². The maximum absolute atomic E-state index is 11.8. The Bertz CT molecular complexity index is 330. The van der Waals surface area contributed by atoms with Crippen LogP contribution in [0.15, 0.2) is 4.60 Å². The van der Waals surface area contributed by atoms with Crippen LogP contribution in [0, 0.1) is 0 Å². The molecule has 84 valence electrons. The molecule has 0 fully saturated rings. The number of nitrogens with two attached hydrogens (primary N) is 1. The molecule has 1 aromatic heterocycles. The predicted octanol–water partition coefficient (Wildman–Crippen LogP) is 1.28. The van der Waals surface area contributed by atoms with E-state index in [-0.39, 0.29) is 11.8 Å². The Morgan fingerprint density at radius 1 is 1.67 bits per heavy atom. The molecular formula is C9H15BrN4O. The number of aryl methyl sites for hydroxylation is 1.